The van der Waals surface area contributed by atoms with E-state index in [1.165, 1.54) is 12.1 Å². The Morgan fingerprint density at radius 2 is 2.27 bits per heavy atom. The predicted octanol–water partition coefficient (Wildman–Crippen LogP) is 3.07. The first-order valence-corrected chi connectivity index (χ1v) is 7.63. The molecule has 2 atom stereocenters. The Labute approximate surface area is 127 Å². The number of carboxylic acid groups (broad SMARTS) is 1. The fourth-order valence-electron chi connectivity index (χ4n) is 4.20. The van der Waals surface area contributed by atoms with Crippen LogP contribution in [0, 0.1) is 17.2 Å². The molecule has 2 fully saturated rings. The van der Waals surface area contributed by atoms with E-state index in [1.54, 1.807) is 12.3 Å². The zero-order valence-corrected chi connectivity index (χ0v) is 12.1. The lowest BCUT2D eigenvalue weighted by atomic mass is 9.81. The summed E-state index contributed by atoms with van der Waals surface area (Å²) in [6.07, 6.45) is 4.38. The number of hydrogen-bond acceptors (Lipinski definition) is 3. The molecule has 2 heterocycles. The van der Waals surface area contributed by atoms with Crippen molar-refractivity contribution in [3.05, 3.63) is 36.3 Å². The second-order valence-corrected chi connectivity index (χ2v) is 6.42. The van der Waals surface area contributed by atoms with Gasteiger partial charge in [0.25, 0.3) is 0 Å². The van der Waals surface area contributed by atoms with Crippen LogP contribution in [0.3, 0.4) is 0 Å². The van der Waals surface area contributed by atoms with Crippen molar-refractivity contribution in [1.29, 1.82) is 0 Å². The van der Waals surface area contributed by atoms with Gasteiger partial charge < -0.3 is 10.0 Å². The molecule has 114 valence electrons. The molecule has 5 heteroatoms. The van der Waals surface area contributed by atoms with E-state index >= 15 is 0 Å². The van der Waals surface area contributed by atoms with Crippen LogP contribution < -0.4 is 4.90 Å². The van der Waals surface area contributed by atoms with Crippen molar-refractivity contribution >= 4 is 22.6 Å². The van der Waals surface area contributed by atoms with Gasteiger partial charge >= 0.3 is 5.97 Å². The third-order valence-electron chi connectivity index (χ3n) is 5.32. The Kier molecular flexibility index (Phi) is 2.86. The van der Waals surface area contributed by atoms with Crippen LogP contribution in [-0.4, -0.2) is 29.1 Å². The van der Waals surface area contributed by atoms with Gasteiger partial charge in [-0.2, -0.15) is 0 Å². The first-order chi connectivity index (χ1) is 10.6. The summed E-state index contributed by atoms with van der Waals surface area (Å²) in [5.41, 5.74) is 0.953. The molecule has 0 unspecified atom stereocenters. The maximum absolute atomic E-state index is 13.4. The number of pyridine rings is 1. The number of aromatic nitrogens is 1. The zero-order valence-electron chi connectivity index (χ0n) is 12.1. The second-order valence-electron chi connectivity index (χ2n) is 6.42. The molecule has 0 spiro atoms. The fraction of sp³-hybridized carbons (Fsp3) is 0.412. The highest BCUT2D eigenvalue weighted by atomic mass is 19.1. The lowest BCUT2D eigenvalue weighted by Crippen LogP contribution is -2.35. The van der Waals surface area contributed by atoms with E-state index in [2.05, 4.69) is 9.88 Å². The molecule has 4 nitrogen and oxygen atoms in total. The molecule has 1 N–H and O–H groups in total. The Balaban J connectivity index is 1.77. The molecule has 1 saturated heterocycles. The number of hydrogen-bond donors (Lipinski definition) is 1. The number of halogens is 1. The standard InChI is InChI=1S/C17H17FN2O2/c18-12-3-4-13-14(8-12)19-7-5-15(13)20-9-11-2-1-6-17(11,10-20)16(21)22/h3-5,7-8,11H,1-2,6,9-10H2,(H,21,22)/t11-,17+/m0/s1. The van der Waals surface area contributed by atoms with Gasteiger partial charge in [0.2, 0.25) is 0 Å². The second kappa shape index (κ2) is 4.66. The number of fused-ring (bicyclic) bond motifs is 2. The van der Waals surface area contributed by atoms with Gasteiger partial charge in [-0.3, -0.25) is 9.78 Å². The predicted molar refractivity (Wildman–Crippen MR) is 81.3 cm³/mol. The first kappa shape index (κ1) is 13.5. The van der Waals surface area contributed by atoms with Gasteiger partial charge in [-0.1, -0.05) is 6.42 Å². The van der Waals surface area contributed by atoms with E-state index in [4.69, 9.17) is 0 Å². The van der Waals surface area contributed by atoms with Crippen LogP contribution in [0.15, 0.2) is 30.5 Å². The summed E-state index contributed by atoms with van der Waals surface area (Å²) in [6.45, 7) is 1.28. The lowest BCUT2D eigenvalue weighted by Gasteiger charge is -2.24. The average molecular weight is 300 g/mol. The quantitative estimate of drug-likeness (QED) is 0.926. The van der Waals surface area contributed by atoms with E-state index in [-0.39, 0.29) is 11.7 Å². The molecule has 1 aromatic heterocycles. The van der Waals surface area contributed by atoms with Crippen molar-refractivity contribution in [1.82, 2.24) is 4.98 Å². The van der Waals surface area contributed by atoms with E-state index in [1.807, 2.05) is 6.07 Å². The molecule has 0 amide bonds. The molecule has 1 aliphatic carbocycles. The van der Waals surface area contributed by atoms with Gasteiger partial charge in [-0.15, -0.1) is 0 Å². The molecule has 0 bridgehead atoms. The van der Waals surface area contributed by atoms with E-state index < -0.39 is 11.4 Å². The summed E-state index contributed by atoms with van der Waals surface area (Å²) in [6, 6.07) is 6.48. The molecule has 0 radical (unpaired) electrons. The maximum Gasteiger partial charge on any atom is 0.311 e. The number of aliphatic carboxylic acids is 1. The molecular formula is C17H17FN2O2. The van der Waals surface area contributed by atoms with Gasteiger partial charge in [-0.05, 0) is 37.0 Å². The topological polar surface area (TPSA) is 53.4 Å². The van der Waals surface area contributed by atoms with Crippen LogP contribution in [-0.2, 0) is 4.79 Å². The van der Waals surface area contributed by atoms with Gasteiger partial charge in [-0.25, -0.2) is 4.39 Å². The minimum absolute atomic E-state index is 0.202. The third-order valence-corrected chi connectivity index (χ3v) is 5.32. The molecule has 2 aliphatic rings. The van der Waals surface area contributed by atoms with Crippen LogP contribution in [0.5, 0.6) is 0 Å². The molecule has 1 saturated carbocycles. The molecule has 1 aliphatic heterocycles. The minimum atomic E-state index is -0.679. The molecule has 22 heavy (non-hydrogen) atoms. The van der Waals surface area contributed by atoms with E-state index in [0.717, 1.165) is 36.9 Å². The van der Waals surface area contributed by atoms with Crippen molar-refractivity contribution < 1.29 is 14.3 Å². The molecule has 2 aromatic rings. The number of benzene rings is 1. The molecule has 4 rings (SSSR count). The Bertz CT molecular complexity index is 763. The van der Waals surface area contributed by atoms with Gasteiger partial charge in [0.15, 0.2) is 0 Å². The van der Waals surface area contributed by atoms with E-state index in [9.17, 15) is 14.3 Å². The van der Waals surface area contributed by atoms with Crippen molar-refractivity contribution in [3.8, 4) is 0 Å². The number of carbonyl (C=O) groups is 1. The van der Waals surface area contributed by atoms with Gasteiger partial charge in [0.05, 0.1) is 10.9 Å². The fourth-order valence-corrected chi connectivity index (χ4v) is 4.20. The summed E-state index contributed by atoms with van der Waals surface area (Å²) in [5, 5.41) is 10.6. The van der Waals surface area contributed by atoms with Crippen LogP contribution in [0.25, 0.3) is 10.9 Å². The highest BCUT2D eigenvalue weighted by Gasteiger charge is 2.55. The van der Waals surface area contributed by atoms with Crippen LogP contribution in [0.1, 0.15) is 19.3 Å². The van der Waals surface area contributed by atoms with Crippen molar-refractivity contribution in [2.24, 2.45) is 11.3 Å². The van der Waals surface area contributed by atoms with E-state index in [0.29, 0.717) is 12.1 Å². The number of anilines is 1. The molecule has 1 aromatic carbocycles. The highest BCUT2D eigenvalue weighted by Crippen LogP contribution is 2.50. The Morgan fingerprint density at radius 1 is 1.41 bits per heavy atom. The zero-order chi connectivity index (χ0) is 15.3. The van der Waals surface area contributed by atoms with Gasteiger partial charge in [0, 0.05) is 36.4 Å². The Morgan fingerprint density at radius 3 is 3.05 bits per heavy atom. The largest absolute Gasteiger partial charge is 0.481 e. The van der Waals surface area contributed by atoms with Crippen LogP contribution in [0.2, 0.25) is 0 Å². The average Bonchev–Trinajstić information content (AvgIpc) is 3.04. The van der Waals surface area contributed by atoms with Crippen molar-refractivity contribution in [3.63, 3.8) is 0 Å². The summed E-state index contributed by atoms with van der Waals surface area (Å²) in [5.74, 6) is -0.784. The summed E-state index contributed by atoms with van der Waals surface area (Å²) in [4.78, 5) is 18.2. The van der Waals surface area contributed by atoms with Gasteiger partial charge in [0.1, 0.15) is 5.82 Å². The Hall–Kier alpha value is -2.17. The van der Waals surface area contributed by atoms with Crippen LogP contribution >= 0.6 is 0 Å². The summed E-state index contributed by atoms with van der Waals surface area (Å²) >= 11 is 0. The number of carboxylic acids is 1. The summed E-state index contributed by atoms with van der Waals surface area (Å²) < 4.78 is 13.4. The SMILES string of the molecule is O=C(O)[C@@]12CCC[C@H]1CN(c1ccnc3cc(F)ccc13)C2. The smallest absolute Gasteiger partial charge is 0.311 e. The lowest BCUT2D eigenvalue weighted by molar-refractivity contribution is -0.149. The minimum Gasteiger partial charge on any atom is -0.481 e. The third kappa shape index (κ3) is 1.81. The number of nitrogens with zero attached hydrogens (tertiary/aromatic N) is 2. The monoisotopic (exact) mass is 300 g/mol. The first-order valence-electron chi connectivity index (χ1n) is 7.63. The summed E-state index contributed by atoms with van der Waals surface area (Å²) in [7, 11) is 0. The van der Waals surface area contributed by atoms with Crippen molar-refractivity contribution in [2.45, 2.75) is 19.3 Å². The normalized spacial score (nSPS) is 27.3. The van der Waals surface area contributed by atoms with Crippen LogP contribution in [0.4, 0.5) is 10.1 Å². The highest BCUT2D eigenvalue weighted by molar-refractivity contribution is 5.92. The number of rotatable bonds is 2. The molecular weight excluding hydrogens is 283 g/mol. The van der Waals surface area contributed by atoms with Crippen molar-refractivity contribution in [2.75, 3.05) is 18.0 Å². The maximum atomic E-state index is 13.4.